The number of piperidine rings is 1. The van der Waals surface area contributed by atoms with Gasteiger partial charge in [0.2, 0.25) is 0 Å². The molecule has 2 bridgehead atoms. The molecule has 116 valence electrons. The molecule has 5 atom stereocenters. The van der Waals surface area contributed by atoms with Crippen LogP contribution < -0.4 is 9.47 Å². The van der Waals surface area contributed by atoms with Crippen molar-refractivity contribution < 1.29 is 9.47 Å². The molecule has 0 saturated carbocycles. The highest BCUT2D eigenvalue weighted by molar-refractivity contribution is 9.09. The Morgan fingerprint density at radius 3 is 3.05 bits per heavy atom. The van der Waals surface area contributed by atoms with Gasteiger partial charge in [-0.15, -0.1) is 0 Å². The molecule has 1 aromatic rings. The average molecular weight is 362 g/mol. The van der Waals surface area contributed by atoms with Crippen LogP contribution in [0.3, 0.4) is 0 Å². The molecule has 1 aromatic carbocycles. The van der Waals surface area contributed by atoms with Crippen LogP contribution in [0.25, 0.3) is 0 Å². The molecule has 3 nitrogen and oxygen atoms in total. The van der Waals surface area contributed by atoms with Crippen molar-refractivity contribution in [2.75, 3.05) is 20.7 Å². The van der Waals surface area contributed by atoms with Gasteiger partial charge in [0.15, 0.2) is 11.5 Å². The molecule has 2 heterocycles. The van der Waals surface area contributed by atoms with Crippen molar-refractivity contribution >= 4 is 15.9 Å². The van der Waals surface area contributed by atoms with Crippen LogP contribution in [0.1, 0.15) is 17.5 Å². The SMILES string of the molecule is COc1ccc2c3c1OC1C(Br)C=CC4C(C2)N(C)CCC341. The van der Waals surface area contributed by atoms with Crippen LogP contribution in [0, 0.1) is 5.92 Å². The number of likely N-dealkylation sites (tertiary alicyclic amines) is 1. The smallest absolute Gasteiger partial charge is 0.165 e. The van der Waals surface area contributed by atoms with Gasteiger partial charge in [0.1, 0.15) is 6.10 Å². The number of benzene rings is 1. The van der Waals surface area contributed by atoms with Gasteiger partial charge in [-0.1, -0.05) is 34.1 Å². The van der Waals surface area contributed by atoms with Gasteiger partial charge in [-0.3, -0.25) is 0 Å². The van der Waals surface area contributed by atoms with Gasteiger partial charge in [-0.2, -0.15) is 0 Å². The standard InChI is InChI=1S/C18H20BrNO2/c1-20-8-7-18-11-4-5-12(19)17(18)22-16-14(21-2)6-3-10(15(16)18)9-13(11)20/h3-6,11-13,17H,7-9H2,1-2H3. The third-order valence-corrected chi connectivity index (χ3v) is 7.11. The summed E-state index contributed by atoms with van der Waals surface area (Å²) in [5.41, 5.74) is 3.03. The molecule has 4 heteroatoms. The zero-order valence-corrected chi connectivity index (χ0v) is 14.5. The first kappa shape index (κ1) is 13.4. The third kappa shape index (κ3) is 1.37. The predicted octanol–water partition coefficient (Wildman–Crippen LogP) is 2.90. The van der Waals surface area contributed by atoms with E-state index in [2.05, 4.69) is 52.2 Å². The summed E-state index contributed by atoms with van der Waals surface area (Å²) in [6.45, 7) is 1.14. The number of hydrogen-bond acceptors (Lipinski definition) is 3. The lowest BCUT2D eigenvalue weighted by atomic mass is 9.54. The molecule has 1 spiro atoms. The fourth-order valence-corrected chi connectivity index (χ4v) is 6.11. The molecule has 0 N–H and O–H groups in total. The van der Waals surface area contributed by atoms with Crippen LogP contribution in [-0.2, 0) is 11.8 Å². The van der Waals surface area contributed by atoms with Crippen molar-refractivity contribution in [3.05, 3.63) is 35.4 Å². The van der Waals surface area contributed by atoms with Gasteiger partial charge in [0, 0.05) is 22.9 Å². The zero-order chi connectivity index (χ0) is 15.1. The summed E-state index contributed by atoms with van der Waals surface area (Å²) < 4.78 is 12.1. The Hall–Kier alpha value is -1.00. The summed E-state index contributed by atoms with van der Waals surface area (Å²) in [6.07, 6.45) is 7.20. The summed E-state index contributed by atoms with van der Waals surface area (Å²) >= 11 is 3.85. The molecule has 0 amide bonds. The van der Waals surface area contributed by atoms with Crippen LogP contribution >= 0.6 is 15.9 Å². The summed E-state index contributed by atoms with van der Waals surface area (Å²) in [4.78, 5) is 2.81. The molecule has 2 aliphatic carbocycles. The first-order valence-electron chi connectivity index (χ1n) is 8.06. The molecule has 22 heavy (non-hydrogen) atoms. The lowest BCUT2D eigenvalue weighted by molar-refractivity contribution is 0.00479. The van der Waals surface area contributed by atoms with Gasteiger partial charge in [0.05, 0.1) is 11.9 Å². The molecule has 1 fully saturated rings. The summed E-state index contributed by atoms with van der Waals surface area (Å²) in [7, 11) is 4.01. The Balaban J connectivity index is 1.82. The minimum absolute atomic E-state index is 0.123. The molecule has 5 rings (SSSR count). The van der Waals surface area contributed by atoms with Gasteiger partial charge >= 0.3 is 0 Å². The number of hydrogen-bond donors (Lipinski definition) is 0. The number of methoxy groups -OCH3 is 1. The fraction of sp³-hybridized carbons (Fsp3) is 0.556. The quantitative estimate of drug-likeness (QED) is 0.567. The second kappa shape index (κ2) is 4.30. The first-order valence-corrected chi connectivity index (χ1v) is 8.98. The van der Waals surface area contributed by atoms with E-state index in [-0.39, 0.29) is 16.3 Å². The van der Waals surface area contributed by atoms with Crippen LogP contribution in [0.15, 0.2) is 24.3 Å². The van der Waals surface area contributed by atoms with Crippen LogP contribution in [0.2, 0.25) is 0 Å². The maximum absolute atomic E-state index is 6.51. The lowest BCUT2D eigenvalue weighted by Gasteiger charge is -2.56. The van der Waals surface area contributed by atoms with Crippen LogP contribution in [0.4, 0.5) is 0 Å². The number of halogens is 1. The van der Waals surface area contributed by atoms with Gasteiger partial charge < -0.3 is 14.4 Å². The summed E-state index contributed by atoms with van der Waals surface area (Å²) in [5, 5.41) is 0. The van der Waals surface area contributed by atoms with Crippen LogP contribution in [0.5, 0.6) is 11.5 Å². The fourth-order valence-electron chi connectivity index (χ4n) is 5.36. The normalized spacial score (nSPS) is 41.0. The van der Waals surface area contributed by atoms with Crippen LogP contribution in [-0.4, -0.2) is 42.6 Å². The van der Waals surface area contributed by atoms with Crippen molar-refractivity contribution in [3.8, 4) is 11.5 Å². The molecule has 0 aromatic heterocycles. The third-order valence-electron chi connectivity index (χ3n) is 6.32. The second-order valence-corrected chi connectivity index (χ2v) is 8.12. The highest BCUT2D eigenvalue weighted by atomic mass is 79.9. The minimum Gasteiger partial charge on any atom is -0.493 e. The minimum atomic E-state index is 0.123. The van der Waals surface area contributed by atoms with E-state index in [0.717, 1.165) is 30.9 Å². The predicted molar refractivity (Wildman–Crippen MR) is 89.2 cm³/mol. The topological polar surface area (TPSA) is 21.7 Å². The molecular formula is C18H20BrNO2. The van der Waals surface area contributed by atoms with E-state index in [1.807, 2.05) is 0 Å². The molecule has 5 unspecified atom stereocenters. The van der Waals surface area contributed by atoms with Crippen molar-refractivity contribution in [2.24, 2.45) is 5.92 Å². The zero-order valence-electron chi connectivity index (χ0n) is 12.9. The maximum atomic E-state index is 6.51. The van der Waals surface area contributed by atoms with Gasteiger partial charge in [-0.25, -0.2) is 0 Å². The average Bonchev–Trinajstić information content (AvgIpc) is 2.88. The first-order chi connectivity index (χ1) is 10.7. The number of rotatable bonds is 1. The molecule has 0 radical (unpaired) electrons. The van der Waals surface area contributed by atoms with E-state index in [9.17, 15) is 0 Å². The number of alkyl halides is 1. The Bertz CT molecular complexity index is 688. The molecule has 2 aliphatic heterocycles. The van der Waals surface area contributed by atoms with E-state index < -0.39 is 0 Å². The summed E-state index contributed by atoms with van der Waals surface area (Å²) in [6, 6.07) is 4.92. The summed E-state index contributed by atoms with van der Waals surface area (Å²) in [5.74, 6) is 2.44. The number of ether oxygens (including phenoxy) is 2. The van der Waals surface area contributed by atoms with E-state index in [1.54, 1.807) is 7.11 Å². The lowest BCUT2D eigenvalue weighted by Crippen LogP contribution is -2.64. The van der Waals surface area contributed by atoms with Gasteiger partial charge in [-0.05, 0) is 38.1 Å². The molecule has 1 saturated heterocycles. The highest BCUT2D eigenvalue weighted by Gasteiger charge is 2.63. The largest absolute Gasteiger partial charge is 0.493 e. The van der Waals surface area contributed by atoms with Crippen molar-refractivity contribution in [1.29, 1.82) is 0 Å². The van der Waals surface area contributed by atoms with E-state index >= 15 is 0 Å². The molecular weight excluding hydrogens is 342 g/mol. The second-order valence-electron chi connectivity index (χ2n) is 7.07. The highest BCUT2D eigenvalue weighted by Crippen LogP contribution is 2.63. The maximum Gasteiger partial charge on any atom is 0.165 e. The number of likely N-dealkylation sites (N-methyl/N-ethyl adjacent to an activating group) is 1. The number of nitrogens with zero attached hydrogens (tertiary/aromatic N) is 1. The Morgan fingerprint density at radius 2 is 2.23 bits per heavy atom. The molecule has 4 aliphatic rings. The van der Waals surface area contributed by atoms with Gasteiger partial charge in [0.25, 0.3) is 0 Å². The van der Waals surface area contributed by atoms with Crippen molar-refractivity contribution in [2.45, 2.75) is 35.2 Å². The van der Waals surface area contributed by atoms with Crippen molar-refractivity contribution in [3.63, 3.8) is 0 Å². The van der Waals surface area contributed by atoms with E-state index in [4.69, 9.17) is 9.47 Å². The van der Waals surface area contributed by atoms with E-state index in [1.165, 1.54) is 11.1 Å². The van der Waals surface area contributed by atoms with E-state index in [0.29, 0.717) is 12.0 Å². The Kier molecular flexibility index (Phi) is 2.62. The Labute approximate surface area is 139 Å². The monoisotopic (exact) mass is 361 g/mol. The Morgan fingerprint density at radius 1 is 1.36 bits per heavy atom. The van der Waals surface area contributed by atoms with Crippen molar-refractivity contribution in [1.82, 2.24) is 4.90 Å².